The molecule has 0 radical (unpaired) electrons. The standard InChI is InChI=1S/C15H31NO4S.Na/c1-2-3-4-5-6-7-8-9-10-12-15(17)16-13-11-14-21(18,19)20;/h2-14H2,1H3,(H,16,17)(H,18,19,20);/q;+1/p-1. The van der Waals surface area contributed by atoms with Gasteiger partial charge in [-0.2, -0.15) is 0 Å². The molecule has 0 rings (SSSR count). The minimum Gasteiger partial charge on any atom is -0.748 e. The second-order valence-electron chi connectivity index (χ2n) is 5.54. The van der Waals surface area contributed by atoms with Crippen LogP contribution in [0.15, 0.2) is 0 Å². The zero-order valence-electron chi connectivity index (χ0n) is 14.2. The summed E-state index contributed by atoms with van der Waals surface area (Å²) >= 11 is 0. The first-order valence-corrected chi connectivity index (χ1v) is 9.73. The van der Waals surface area contributed by atoms with E-state index in [9.17, 15) is 17.8 Å². The summed E-state index contributed by atoms with van der Waals surface area (Å²) in [4.78, 5) is 11.4. The van der Waals surface area contributed by atoms with Crippen molar-refractivity contribution in [3.8, 4) is 0 Å². The van der Waals surface area contributed by atoms with Gasteiger partial charge in [0.25, 0.3) is 0 Å². The topological polar surface area (TPSA) is 86.3 Å². The van der Waals surface area contributed by atoms with Gasteiger partial charge in [0.15, 0.2) is 0 Å². The number of nitrogens with one attached hydrogen (secondary N) is 1. The van der Waals surface area contributed by atoms with Crippen LogP contribution >= 0.6 is 0 Å². The van der Waals surface area contributed by atoms with Crippen molar-refractivity contribution in [1.82, 2.24) is 5.32 Å². The molecule has 0 aromatic rings. The second-order valence-corrected chi connectivity index (χ2v) is 7.07. The number of amides is 1. The van der Waals surface area contributed by atoms with Crippen LogP contribution in [-0.4, -0.2) is 31.2 Å². The number of hydrogen-bond acceptors (Lipinski definition) is 4. The van der Waals surface area contributed by atoms with Crippen molar-refractivity contribution in [1.29, 1.82) is 0 Å². The van der Waals surface area contributed by atoms with E-state index in [1.165, 1.54) is 44.9 Å². The Bertz CT molecular complexity index is 361. The van der Waals surface area contributed by atoms with Crippen LogP contribution in [0.3, 0.4) is 0 Å². The minimum absolute atomic E-state index is 0. The van der Waals surface area contributed by atoms with Crippen LogP contribution in [0.5, 0.6) is 0 Å². The van der Waals surface area contributed by atoms with Gasteiger partial charge in [-0.25, -0.2) is 8.42 Å². The van der Waals surface area contributed by atoms with Gasteiger partial charge in [0.2, 0.25) is 5.91 Å². The molecule has 0 spiro atoms. The fourth-order valence-electron chi connectivity index (χ4n) is 2.16. The van der Waals surface area contributed by atoms with Crippen molar-refractivity contribution >= 4 is 16.0 Å². The molecule has 0 saturated carbocycles. The summed E-state index contributed by atoms with van der Waals surface area (Å²) in [5.74, 6) is -0.466. The summed E-state index contributed by atoms with van der Waals surface area (Å²) in [5.41, 5.74) is 0. The van der Waals surface area contributed by atoms with E-state index < -0.39 is 15.9 Å². The first-order valence-electron chi connectivity index (χ1n) is 8.16. The SMILES string of the molecule is CCCCCCCCCCCC(=O)NCCCS(=O)(=O)[O-].[Na+]. The van der Waals surface area contributed by atoms with Crippen LogP contribution in [0.2, 0.25) is 0 Å². The number of rotatable bonds is 14. The van der Waals surface area contributed by atoms with E-state index in [2.05, 4.69) is 12.2 Å². The predicted molar refractivity (Wildman–Crippen MR) is 84.0 cm³/mol. The third kappa shape index (κ3) is 20.4. The molecule has 22 heavy (non-hydrogen) atoms. The molecule has 5 nitrogen and oxygen atoms in total. The monoisotopic (exact) mass is 343 g/mol. The first kappa shape index (κ1) is 24.6. The number of carbonyl (C=O) groups excluding carboxylic acids is 1. The molecule has 0 aliphatic carbocycles. The van der Waals surface area contributed by atoms with Crippen molar-refractivity contribution in [3.63, 3.8) is 0 Å². The Morgan fingerprint density at radius 3 is 1.91 bits per heavy atom. The zero-order valence-corrected chi connectivity index (χ0v) is 17.1. The maximum absolute atomic E-state index is 11.4. The molecule has 0 aromatic carbocycles. The Hall–Kier alpha value is 0.380. The normalized spacial score (nSPS) is 11.0. The third-order valence-corrected chi connectivity index (χ3v) is 4.19. The third-order valence-electron chi connectivity index (χ3n) is 3.40. The average Bonchev–Trinajstić information content (AvgIpc) is 2.41. The predicted octanol–water partition coefficient (Wildman–Crippen LogP) is -0.0372. The summed E-state index contributed by atoms with van der Waals surface area (Å²) < 4.78 is 31.1. The fraction of sp³-hybridized carbons (Fsp3) is 0.933. The molecule has 0 aromatic heterocycles. The molecule has 0 saturated heterocycles. The van der Waals surface area contributed by atoms with Gasteiger partial charge in [0.05, 0.1) is 10.1 Å². The van der Waals surface area contributed by atoms with Crippen molar-refractivity contribution in [3.05, 3.63) is 0 Å². The first-order chi connectivity index (χ1) is 9.95. The second kappa shape index (κ2) is 16.2. The molecule has 1 N–H and O–H groups in total. The molecule has 0 aliphatic heterocycles. The van der Waals surface area contributed by atoms with Gasteiger partial charge in [-0.15, -0.1) is 0 Å². The smallest absolute Gasteiger partial charge is 0.748 e. The van der Waals surface area contributed by atoms with Crippen molar-refractivity contribution in [2.24, 2.45) is 0 Å². The molecule has 0 aliphatic rings. The van der Waals surface area contributed by atoms with Crippen LogP contribution in [0, 0.1) is 0 Å². The largest absolute Gasteiger partial charge is 1.00 e. The van der Waals surface area contributed by atoms with Crippen LogP contribution in [0.4, 0.5) is 0 Å². The van der Waals surface area contributed by atoms with E-state index in [4.69, 9.17) is 0 Å². The molecule has 1 amide bonds. The Morgan fingerprint density at radius 2 is 1.41 bits per heavy atom. The molecule has 0 atom stereocenters. The minimum atomic E-state index is -4.16. The van der Waals surface area contributed by atoms with Gasteiger partial charge < -0.3 is 9.87 Å². The number of carbonyl (C=O) groups is 1. The summed E-state index contributed by atoms with van der Waals surface area (Å²) in [5, 5.41) is 2.64. The molecule has 0 bridgehead atoms. The van der Waals surface area contributed by atoms with Gasteiger partial charge in [0, 0.05) is 18.7 Å². The van der Waals surface area contributed by atoms with Gasteiger partial charge in [-0.1, -0.05) is 58.3 Å². The molecule has 126 valence electrons. The summed E-state index contributed by atoms with van der Waals surface area (Å²) in [6, 6.07) is 0. The fourth-order valence-corrected chi connectivity index (χ4v) is 2.66. The summed E-state index contributed by atoms with van der Waals surface area (Å²) in [6.07, 6.45) is 11.6. The van der Waals surface area contributed by atoms with Crippen molar-refractivity contribution in [2.45, 2.75) is 77.6 Å². The Morgan fingerprint density at radius 1 is 0.909 bits per heavy atom. The molecular formula is C15H30NNaO4S. The summed E-state index contributed by atoms with van der Waals surface area (Å²) in [6.45, 7) is 2.47. The van der Waals surface area contributed by atoms with Crippen LogP contribution in [0.25, 0.3) is 0 Å². The average molecular weight is 343 g/mol. The van der Waals surface area contributed by atoms with E-state index in [0.717, 1.165) is 12.8 Å². The Balaban J connectivity index is 0. The maximum atomic E-state index is 11.4. The van der Waals surface area contributed by atoms with Crippen LogP contribution in [-0.2, 0) is 14.9 Å². The zero-order chi connectivity index (χ0) is 16.0. The van der Waals surface area contributed by atoms with E-state index in [1.54, 1.807) is 0 Å². The molecule has 0 heterocycles. The van der Waals surface area contributed by atoms with Gasteiger partial charge in [-0.3, -0.25) is 4.79 Å². The maximum Gasteiger partial charge on any atom is 1.00 e. The van der Waals surface area contributed by atoms with E-state index in [0.29, 0.717) is 6.42 Å². The number of hydrogen-bond donors (Lipinski definition) is 1. The van der Waals surface area contributed by atoms with Crippen LogP contribution in [0.1, 0.15) is 77.6 Å². The van der Waals surface area contributed by atoms with Crippen LogP contribution < -0.4 is 34.9 Å². The summed E-state index contributed by atoms with van der Waals surface area (Å²) in [7, 11) is -4.16. The van der Waals surface area contributed by atoms with E-state index >= 15 is 0 Å². The molecule has 0 fully saturated rings. The van der Waals surface area contributed by atoms with Gasteiger partial charge in [-0.05, 0) is 12.8 Å². The van der Waals surface area contributed by atoms with Gasteiger partial charge >= 0.3 is 29.6 Å². The van der Waals surface area contributed by atoms with E-state index in [-0.39, 0.29) is 48.4 Å². The quantitative estimate of drug-likeness (QED) is 0.272. The molecular weight excluding hydrogens is 313 g/mol. The Labute approximate surface area is 158 Å². The van der Waals surface area contributed by atoms with Crippen molar-refractivity contribution in [2.75, 3.05) is 12.3 Å². The molecule has 7 heteroatoms. The Kier molecular flexibility index (Phi) is 18.2. The van der Waals surface area contributed by atoms with Gasteiger partial charge in [0.1, 0.15) is 0 Å². The van der Waals surface area contributed by atoms with E-state index in [1.807, 2.05) is 0 Å². The number of unbranched alkanes of at least 4 members (excludes halogenated alkanes) is 8. The molecule has 0 unspecified atom stereocenters. The van der Waals surface area contributed by atoms with Crippen molar-refractivity contribution < 1.29 is 47.3 Å².